The average Bonchev–Trinajstić information content (AvgIpc) is 2.34. The number of hydrogen-bond acceptors (Lipinski definition) is 3. The van der Waals surface area contributed by atoms with E-state index in [2.05, 4.69) is 57.1 Å². The second kappa shape index (κ2) is 8.16. The van der Waals surface area contributed by atoms with Gasteiger partial charge in [0.05, 0.1) is 6.10 Å². The van der Waals surface area contributed by atoms with Crippen LogP contribution in [0.25, 0.3) is 0 Å². The Kier molecular flexibility index (Phi) is 6.85. The van der Waals surface area contributed by atoms with Gasteiger partial charge in [0.15, 0.2) is 0 Å². The Bertz CT molecular complexity index is 377. The molecule has 1 aromatic rings. The highest BCUT2D eigenvalue weighted by Crippen LogP contribution is 2.17. The van der Waals surface area contributed by atoms with Crippen LogP contribution in [0.5, 0.6) is 5.88 Å². The second-order valence-corrected chi connectivity index (χ2v) is 5.50. The molecule has 0 saturated heterocycles. The molecule has 0 spiro atoms. The Morgan fingerprint density at radius 1 is 1.21 bits per heavy atom. The lowest BCUT2D eigenvalue weighted by atomic mass is 10.1. The van der Waals surface area contributed by atoms with Crippen LogP contribution in [0.4, 0.5) is 0 Å². The summed E-state index contributed by atoms with van der Waals surface area (Å²) >= 11 is 0. The Morgan fingerprint density at radius 3 is 2.53 bits per heavy atom. The van der Waals surface area contributed by atoms with Gasteiger partial charge in [0, 0.05) is 18.3 Å². The van der Waals surface area contributed by atoms with Gasteiger partial charge in [-0.3, -0.25) is 0 Å². The molecular formula is C16H28N2O. The van der Waals surface area contributed by atoms with E-state index in [-0.39, 0.29) is 6.10 Å². The van der Waals surface area contributed by atoms with Crippen LogP contribution in [0, 0.1) is 5.92 Å². The molecule has 3 heteroatoms. The summed E-state index contributed by atoms with van der Waals surface area (Å²) < 4.78 is 5.95. The van der Waals surface area contributed by atoms with Gasteiger partial charge < -0.3 is 10.1 Å². The first-order valence-corrected chi connectivity index (χ1v) is 7.42. The molecule has 0 aromatic carbocycles. The standard InChI is InChI=1S/C16H28N2O/c1-6-15-9-14(11-17-7-2)10-16(18-15)19-13(5)8-12(3)4/h9-10,12-13,17H,6-8,11H2,1-5H3. The number of aryl methyl sites for hydroxylation is 1. The van der Waals surface area contributed by atoms with E-state index in [0.29, 0.717) is 5.92 Å². The van der Waals surface area contributed by atoms with E-state index in [0.717, 1.165) is 37.5 Å². The summed E-state index contributed by atoms with van der Waals surface area (Å²) in [6.07, 6.45) is 2.21. The van der Waals surface area contributed by atoms with Gasteiger partial charge in [-0.25, -0.2) is 4.98 Å². The number of pyridine rings is 1. The molecule has 0 fully saturated rings. The van der Waals surface area contributed by atoms with Crippen molar-refractivity contribution in [2.24, 2.45) is 5.92 Å². The SMILES string of the molecule is CCNCc1cc(CC)nc(OC(C)CC(C)C)c1. The van der Waals surface area contributed by atoms with Crippen LogP contribution in [-0.4, -0.2) is 17.6 Å². The minimum atomic E-state index is 0.214. The van der Waals surface area contributed by atoms with Gasteiger partial charge in [0.25, 0.3) is 0 Å². The first kappa shape index (κ1) is 16.0. The molecule has 0 aliphatic heterocycles. The summed E-state index contributed by atoms with van der Waals surface area (Å²) in [7, 11) is 0. The minimum Gasteiger partial charge on any atom is -0.475 e. The van der Waals surface area contributed by atoms with Crippen LogP contribution in [0.3, 0.4) is 0 Å². The van der Waals surface area contributed by atoms with Gasteiger partial charge in [-0.2, -0.15) is 0 Å². The van der Waals surface area contributed by atoms with E-state index in [1.165, 1.54) is 5.56 Å². The molecule has 0 radical (unpaired) electrons. The lowest BCUT2D eigenvalue weighted by Gasteiger charge is -2.17. The predicted molar refractivity (Wildman–Crippen MR) is 80.5 cm³/mol. The molecule has 0 saturated carbocycles. The molecule has 1 atom stereocenters. The van der Waals surface area contributed by atoms with Crippen molar-refractivity contribution in [3.63, 3.8) is 0 Å². The number of aromatic nitrogens is 1. The van der Waals surface area contributed by atoms with Crippen LogP contribution in [0.2, 0.25) is 0 Å². The van der Waals surface area contributed by atoms with Crippen LogP contribution < -0.4 is 10.1 Å². The van der Waals surface area contributed by atoms with E-state index in [1.807, 2.05) is 0 Å². The highest BCUT2D eigenvalue weighted by Gasteiger charge is 2.09. The summed E-state index contributed by atoms with van der Waals surface area (Å²) in [5, 5.41) is 3.35. The van der Waals surface area contributed by atoms with E-state index >= 15 is 0 Å². The number of rotatable bonds is 8. The molecule has 0 amide bonds. The van der Waals surface area contributed by atoms with E-state index < -0.39 is 0 Å². The van der Waals surface area contributed by atoms with E-state index in [1.54, 1.807) is 0 Å². The molecule has 1 aromatic heterocycles. The van der Waals surface area contributed by atoms with Crippen molar-refractivity contribution >= 4 is 0 Å². The third-order valence-electron chi connectivity index (χ3n) is 2.98. The van der Waals surface area contributed by atoms with Crippen LogP contribution in [-0.2, 0) is 13.0 Å². The fourth-order valence-corrected chi connectivity index (χ4v) is 2.15. The molecule has 0 aliphatic rings. The van der Waals surface area contributed by atoms with Gasteiger partial charge in [0.1, 0.15) is 0 Å². The van der Waals surface area contributed by atoms with Crippen molar-refractivity contribution in [3.05, 3.63) is 23.4 Å². The zero-order valence-corrected chi connectivity index (χ0v) is 13.0. The zero-order valence-electron chi connectivity index (χ0n) is 13.0. The van der Waals surface area contributed by atoms with Gasteiger partial charge in [-0.05, 0) is 43.9 Å². The summed E-state index contributed by atoms with van der Waals surface area (Å²) in [5.74, 6) is 1.41. The molecule has 0 aliphatic carbocycles. The van der Waals surface area contributed by atoms with Crippen molar-refractivity contribution < 1.29 is 4.74 Å². The van der Waals surface area contributed by atoms with Gasteiger partial charge in [-0.1, -0.05) is 27.7 Å². The normalized spacial score (nSPS) is 12.7. The van der Waals surface area contributed by atoms with Crippen molar-refractivity contribution in [1.82, 2.24) is 10.3 Å². The molecule has 3 nitrogen and oxygen atoms in total. The summed E-state index contributed by atoms with van der Waals surface area (Å²) in [6.45, 7) is 12.6. The van der Waals surface area contributed by atoms with Crippen molar-refractivity contribution in [2.75, 3.05) is 6.54 Å². The second-order valence-electron chi connectivity index (χ2n) is 5.50. The molecule has 0 bridgehead atoms. The fraction of sp³-hybridized carbons (Fsp3) is 0.688. The summed E-state index contributed by atoms with van der Waals surface area (Å²) in [4.78, 5) is 4.56. The molecular weight excluding hydrogens is 236 g/mol. The zero-order chi connectivity index (χ0) is 14.3. The molecule has 1 rings (SSSR count). The third kappa shape index (κ3) is 6.06. The maximum Gasteiger partial charge on any atom is 0.214 e. The van der Waals surface area contributed by atoms with E-state index in [9.17, 15) is 0 Å². The fourth-order valence-electron chi connectivity index (χ4n) is 2.15. The first-order chi connectivity index (χ1) is 9.05. The summed E-state index contributed by atoms with van der Waals surface area (Å²) in [6, 6.07) is 4.21. The van der Waals surface area contributed by atoms with Crippen molar-refractivity contribution in [3.8, 4) is 5.88 Å². The summed E-state index contributed by atoms with van der Waals surface area (Å²) in [5.41, 5.74) is 2.35. The Balaban J connectivity index is 2.75. The van der Waals surface area contributed by atoms with Gasteiger partial charge >= 0.3 is 0 Å². The molecule has 1 heterocycles. The topological polar surface area (TPSA) is 34.2 Å². The molecule has 108 valence electrons. The van der Waals surface area contributed by atoms with Gasteiger partial charge in [0.2, 0.25) is 5.88 Å². The van der Waals surface area contributed by atoms with Gasteiger partial charge in [-0.15, -0.1) is 0 Å². The monoisotopic (exact) mass is 264 g/mol. The Hall–Kier alpha value is -1.09. The Morgan fingerprint density at radius 2 is 1.95 bits per heavy atom. The Labute approximate surface area is 117 Å². The number of hydrogen-bond donors (Lipinski definition) is 1. The van der Waals surface area contributed by atoms with Crippen LogP contribution >= 0.6 is 0 Å². The third-order valence-corrected chi connectivity index (χ3v) is 2.98. The first-order valence-electron chi connectivity index (χ1n) is 7.42. The van der Waals surface area contributed by atoms with Crippen molar-refractivity contribution in [2.45, 2.75) is 60.1 Å². The maximum absolute atomic E-state index is 5.95. The van der Waals surface area contributed by atoms with E-state index in [4.69, 9.17) is 4.74 Å². The predicted octanol–water partition coefficient (Wildman–Crippen LogP) is 3.57. The molecule has 19 heavy (non-hydrogen) atoms. The average molecular weight is 264 g/mol. The molecule has 1 N–H and O–H groups in total. The lowest BCUT2D eigenvalue weighted by Crippen LogP contribution is -2.16. The quantitative estimate of drug-likeness (QED) is 0.779. The maximum atomic E-state index is 5.95. The minimum absolute atomic E-state index is 0.214. The van der Waals surface area contributed by atoms with Crippen LogP contribution in [0.1, 0.15) is 52.3 Å². The number of ether oxygens (including phenoxy) is 1. The number of nitrogens with zero attached hydrogens (tertiary/aromatic N) is 1. The van der Waals surface area contributed by atoms with Crippen molar-refractivity contribution in [1.29, 1.82) is 0 Å². The van der Waals surface area contributed by atoms with Crippen LogP contribution in [0.15, 0.2) is 12.1 Å². The number of nitrogens with one attached hydrogen (secondary N) is 1. The molecule has 1 unspecified atom stereocenters. The highest BCUT2D eigenvalue weighted by atomic mass is 16.5. The lowest BCUT2D eigenvalue weighted by molar-refractivity contribution is 0.185. The highest BCUT2D eigenvalue weighted by molar-refractivity contribution is 5.25. The largest absolute Gasteiger partial charge is 0.475 e. The smallest absolute Gasteiger partial charge is 0.214 e.